The molecule has 5 nitrogen and oxygen atoms in total. The van der Waals surface area contributed by atoms with Gasteiger partial charge in [-0.15, -0.1) is 22.6 Å². The van der Waals surface area contributed by atoms with E-state index in [0.29, 0.717) is 9.47 Å². The third kappa shape index (κ3) is 5.10. The highest BCUT2D eigenvalue weighted by molar-refractivity contribution is 8.00. The van der Waals surface area contributed by atoms with Crippen LogP contribution in [-0.2, 0) is 10.5 Å². The first kappa shape index (κ1) is 19.0. The molecule has 1 unspecified atom stereocenters. The molecule has 1 aliphatic rings. The van der Waals surface area contributed by atoms with Gasteiger partial charge in [-0.1, -0.05) is 53.4 Å². The number of nitrogens with one attached hydrogen (secondary N) is 2. The molecule has 1 atom stereocenters. The first-order valence-corrected chi connectivity index (χ1v) is 8.74. The standard InChI is InChI=1S/C14H14F2N4OS2.ClH/c15-14(16)6-10(17-8-14)11(21)18-12-19-20-13(23-12)22-7-9-4-2-1-3-5-9;/h1-5,10,17H,6-8H2,(H,18,19,21);1H. The number of thioether (sulfide) groups is 1. The highest BCUT2D eigenvalue weighted by atomic mass is 35.5. The van der Waals surface area contributed by atoms with Gasteiger partial charge in [-0.25, -0.2) is 8.78 Å². The van der Waals surface area contributed by atoms with Crippen molar-refractivity contribution in [1.29, 1.82) is 0 Å². The second-order valence-electron chi connectivity index (χ2n) is 5.13. The zero-order valence-corrected chi connectivity index (χ0v) is 14.8. The SMILES string of the molecule is Cl.O=C(Nc1nnc(SCc2ccccc2)s1)C1CC(F)(F)CN1. The largest absolute Gasteiger partial charge is 0.300 e. The fourth-order valence-corrected chi connectivity index (χ4v) is 3.84. The van der Waals surface area contributed by atoms with E-state index in [1.807, 2.05) is 30.3 Å². The van der Waals surface area contributed by atoms with Crippen molar-refractivity contribution in [2.24, 2.45) is 0 Å². The third-order valence-electron chi connectivity index (χ3n) is 3.27. The van der Waals surface area contributed by atoms with Gasteiger partial charge in [-0.2, -0.15) is 0 Å². The summed E-state index contributed by atoms with van der Waals surface area (Å²) in [5, 5.41) is 13.2. The first-order valence-electron chi connectivity index (χ1n) is 6.94. The molecule has 1 amide bonds. The van der Waals surface area contributed by atoms with E-state index in [1.54, 1.807) is 0 Å². The molecule has 24 heavy (non-hydrogen) atoms. The molecule has 0 radical (unpaired) electrons. The van der Waals surface area contributed by atoms with Crippen LogP contribution in [0.25, 0.3) is 0 Å². The van der Waals surface area contributed by atoms with Gasteiger partial charge in [0.1, 0.15) is 0 Å². The Balaban J connectivity index is 0.00000208. The van der Waals surface area contributed by atoms with Gasteiger partial charge in [-0.05, 0) is 5.56 Å². The second-order valence-corrected chi connectivity index (χ2v) is 7.33. The van der Waals surface area contributed by atoms with E-state index in [9.17, 15) is 13.6 Å². The highest BCUT2D eigenvalue weighted by Gasteiger charge is 2.42. The summed E-state index contributed by atoms with van der Waals surface area (Å²) in [5.41, 5.74) is 1.16. The molecule has 2 N–H and O–H groups in total. The van der Waals surface area contributed by atoms with Gasteiger partial charge in [0.25, 0.3) is 5.92 Å². The lowest BCUT2D eigenvalue weighted by molar-refractivity contribution is -0.118. The second kappa shape index (κ2) is 8.19. The van der Waals surface area contributed by atoms with Crippen molar-refractivity contribution in [2.75, 3.05) is 11.9 Å². The van der Waals surface area contributed by atoms with Gasteiger partial charge in [-0.3, -0.25) is 15.4 Å². The average molecular weight is 393 g/mol. The van der Waals surface area contributed by atoms with E-state index >= 15 is 0 Å². The molecule has 1 aromatic carbocycles. The number of anilines is 1. The van der Waals surface area contributed by atoms with Crippen molar-refractivity contribution in [3.05, 3.63) is 35.9 Å². The maximum atomic E-state index is 13.1. The van der Waals surface area contributed by atoms with Gasteiger partial charge < -0.3 is 0 Å². The lowest BCUT2D eigenvalue weighted by Crippen LogP contribution is -2.35. The monoisotopic (exact) mass is 392 g/mol. The minimum absolute atomic E-state index is 0. The number of alkyl halides is 2. The molecular weight excluding hydrogens is 378 g/mol. The van der Waals surface area contributed by atoms with Crippen LogP contribution in [-0.4, -0.2) is 34.6 Å². The Bertz CT molecular complexity index is 686. The first-order chi connectivity index (χ1) is 11.0. The fraction of sp³-hybridized carbons (Fsp3) is 0.357. The Morgan fingerprint density at radius 3 is 2.79 bits per heavy atom. The number of hydrogen-bond acceptors (Lipinski definition) is 6. The van der Waals surface area contributed by atoms with Crippen LogP contribution in [0, 0.1) is 0 Å². The number of nitrogens with zero attached hydrogens (tertiary/aromatic N) is 2. The summed E-state index contributed by atoms with van der Waals surface area (Å²) in [4.78, 5) is 11.9. The van der Waals surface area contributed by atoms with Gasteiger partial charge in [0.15, 0.2) is 4.34 Å². The molecule has 1 fully saturated rings. The fourth-order valence-electron chi connectivity index (χ4n) is 2.13. The van der Waals surface area contributed by atoms with Crippen molar-refractivity contribution in [3.63, 3.8) is 0 Å². The number of carbonyl (C=O) groups excluding carboxylic acids is 1. The minimum atomic E-state index is -2.83. The quantitative estimate of drug-likeness (QED) is 0.604. The molecule has 0 aliphatic carbocycles. The summed E-state index contributed by atoms with van der Waals surface area (Å²) < 4.78 is 26.9. The topological polar surface area (TPSA) is 66.9 Å². The van der Waals surface area contributed by atoms with Crippen LogP contribution in [0.3, 0.4) is 0 Å². The summed E-state index contributed by atoms with van der Waals surface area (Å²) in [5.74, 6) is -2.59. The molecule has 10 heteroatoms. The molecule has 2 heterocycles. The predicted octanol–water partition coefficient (Wildman–Crippen LogP) is 3.19. The van der Waals surface area contributed by atoms with E-state index in [2.05, 4.69) is 20.8 Å². The van der Waals surface area contributed by atoms with Gasteiger partial charge in [0, 0.05) is 12.2 Å². The normalized spacial score (nSPS) is 18.8. The van der Waals surface area contributed by atoms with Crippen molar-refractivity contribution in [3.8, 4) is 0 Å². The molecular formula is C14H15ClF2N4OS2. The molecule has 0 bridgehead atoms. The maximum Gasteiger partial charge on any atom is 0.262 e. The zero-order chi connectivity index (χ0) is 16.3. The summed E-state index contributed by atoms with van der Waals surface area (Å²) in [6, 6.07) is 9.02. The van der Waals surface area contributed by atoms with Crippen LogP contribution < -0.4 is 10.6 Å². The van der Waals surface area contributed by atoms with E-state index in [0.717, 1.165) is 11.3 Å². The third-order valence-corrected chi connectivity index (χ3v) is 5.31. The molecule has 1 saturated heterocycles. The van der Waals surface area contributed by atoms with E-state index < -0.39 is 30.8 Å². The molecule has 1 aliphatic heterocycles. The van der Waals surface area contributed by atoms with Gasteiger partial charge in [0.2, 0.25) is 11.0 Å². The number of carbonyl (C=O) groups is 1. The molecule has 0 saturated carbocycles. The average Bonchev–Trinajstić information content (AvgIpc) is 3.12. The van der Waals surface area contributed by atoms with Crippen molar-refractivity contribution >= 4 is 46.5 Å². The molecule has 130 valence electrons. The van der Waals surface area contributed by atoms with E-state index in [4.69, 9.17) is 0 Å². The lowest BCUT2D eigenvalue weighted by Gasteiger charge is -2.08. The van der Waals surface area contributed by atoms with Crippen molar-refractivity contribution in [1.82, 2.24) is 15.5 Å². The van der Waals surface area contributed by atoms with Gasteiger partial charge >= 0.3 is 0 Å². The van der Waals surface area contributed by atoms with Crippen LogP contribution in [0.2, 0.25) is 0 Å². The minimum Gasteiger partial charge on any atom is -0.300 e. The highest BCUT2D eigenvalue weighted by Crippen LogP contribution is 2.29. The maximum absolute atomic E-state index is 13.1. The van der Waals surface area contributed by atoms with Gasteiger partial charge in [0.05, 0.1) is 12.6 Å². The van der Waals surface area contributed by atoms with Crippen LogP contribution in [0.4, 0.5) is 13.9 Å². The van der Waals surface area contributed by atoms with Crippen LogP contribution >= 0.6 is 35.5 Å². The number of rotatable bonds is 5. The Kier molecular flexibility index (Phi) is 6.50. The summed E-state index contributed by atoms with van der Waals surface area (Å²) in [6.45, 7) is -0.473. The van der Waals surface area contributed by atoms with E-state index in [-0.39, 0.29) is 12.4 Å². The molecule has 2 aromatic rings. The Hall–Kier alpha value is -1.29. The number of halogens is 3. The summed E-state index contributed by atoms with van der Waals surface area (Å²) >= 11 is 2.74. The zero-order valence-electron chi connectivity index (χ0n) is 12.4. The van der Waals surface area contributed by atoms with E-state index in [1.165, 1.54) is 23.1 Å². The Morgan fingerprint density at radius 2 is 2.12 bits per heavy atom. The smallest absolute Gasteiger partial charge is 0.262 e. The molecule has 1 aromatic heterocycles. The Morgan fingerprint density at radius 1 is 1.38 bits per heavy atom. The molecule has 3 rings (SSSR count). The lowest BCUT2D eigenvalue weighted by atomic mass is 10.2. The number of benzene rings is 1. The van der Waals surface area contributed by atoms with Crippen LogP contribution in [0.1, 0.15) is 12.0 Å². The number of amides is 1. The number of hydrogen-bond donors (Lipinski definition) is 2. The van der Waals surface area contributed by atoms with Crippen molar-refractivity contribution in [2.45, 2.75) is 28.5 Å². The number of aromatic nitrogens is 2. The Labute approximate surface area is 152 Å². The predicted molar refractivity (Wildman–Crippen MR) is 93.1 cm³/mol. The van der Waals surface area contributed by atoms with Crippen molar-refractivity contribution < 1.29 is 13.6 Å². The molecule has 0 spiro atoms. The van der Waals surface area contributed by atoms with Crippen LogP contribution in [0.15, 0.2) is 34.7 Å². The van der Waals surface area contributed by atoms with Crippen LogP contribution in [0.5, 0.6) is 0 Å². The summed E-state index contributed by atoms with van der Waals surface area (Å²) in [7, 11) is 0. The summed E-state index contributed by atoms with van der Waals surface area (Å²) in [6.07, 6.45) is -0.493.